The van der Waals surface area contributed by atoms with Crippen molar-refractivity contribution in [3.8, 4) is 0 Å². The molecule has 16 heavy (non-hydrogen) atoms. The molecule has 2 rings (SSSR count). The molecule has 0 saturated heterocycles. The summed E-state index contributed by atoms with van der Waals surface area (Å²) in [6.45, 7) is 10.7. The van der Waals surface area contributed by atoms with Crippen molar-refractivity contribution in [3.63, 3.8) is 0 Å². The van der Waals surface area contributed by atoms with E-state index in [4.69, 9.17) is 0 Å². The second kappa shape index (κ2) is 3.77. The highest BCUT2D eigenvalue weighted by molar-refractivity contribution is 7.18. The van der Waals surface area contributed by atoms with Gasteiger partial charge in [0.05, 0.1) is 11.9 Å². The maximum absolute atomic E-state index is 4.60. The SMILES string of the molecule is CC(C)c1cnc2nc(C(C)(C)C)sc2n1. The summed E-state index contributed by atoms with van der Waals surface area (Å²) in [6, 6.07) is 0. The van der Waals surface area contributed by atoms with E-state index in [2.05, 4.69) is 49.6 Å². The van der Waals surface area contributed by atoms with Crippen molar-refractivity contribution < 1.29 is 0 Å². The topological polar surface area (TPSA) is 38.7 Å². The van der Waals surface area contributed by atoms with Gasteiger partial charge in [0.1, 0.15) is 5.01 Å². The van der Waals surface area contributed by atoms with Crippen LogP contribution in [-0.2, 0) is 5.41 Å². The van der Waals surface area contributed by atoms with Crippen LogP contribution >= 0.6 is 11.3 Å². The second-order valence-corrected chi connectivity index (χ2v) is 6.32. The zero-order valence-electron chi connectivity index (χ0n) is 10.4. The van der Waals surface area contributed by atoms with E-state index in [1.54, 1.807) is 11.3 Å². The lowest BCUT2D eigenvalue weighted by atomic mass is 9.98. The van der Waals surface area contributed by atoms with Gasteiger partial charge in [-0.2, -0.15) is 0 Å². The summed E-state index contributed by atoms with van der Waals surface area (Å²) in [5.41, 5.74) is 1.89. The van der Waals surface area contributed by atoms with E-state index in [0.29, 0.717) is 5.92 Å². The molecule has 0 spiro atoms. The van der Waals surface area contributed by atoms with Crippen molar-refractivity contribution in [1.29, 1.82) is 0 Å². The molecule has 0 aliphatic rings. The molecule has 86 valence electrons. The maximum Gasteiger partial charge on any atom is 0.189 e. The predicted octanol–water partition coefficient (Wildman–Crippen LogP) is 3.51. The zero-order valence-corrected chi connectivity index (χ0v) is 11.2. The molecule has 0 bridgehead atoms. The Morgan fingerprint density at radius 2 is 1.88 bits per heavy atom. The minimum atomic E-state index is 0.0744. The maximum atomic E-state index is 4.60. The van der Waals surface area contributed by atoms with Gasteiger partial charge in [0.2, 0.25) is 0 Å². The highest BCUT2D eigenvalue weighted by Crippen LogP contribution is 2.29. The Balaban J connectivity index is 2.54. The van der Waals surface area contributed by atoms with Gasteiger partial charge >= 0.3 is 0 Å². The molecule has 0 radical (unpaired) electrons. The summed E-state index contributed by atoms with van der Waals surface area (Å²) >= 11 is 1.65. The molecule has 0 aliphatic heterocycles. The molecule has 0 unspecified atom stereocenters. The molecule has 0 aromatic carbocycles. The standard InChI is InChI=1S/C12H17N3S/c1-7(2)8-6-13-9-10(14-8)16-11(15-9)12(3,4)5/h6-7H,1-5H3. The summed E-state index contributed by atoms with van der Waals surface area (Å²) in [7, 11) is 0. The minimum Gasteiger partial charge on any atom is -0.237 e. The molecule has 2 heterocycles. The zero-order chi connectivity index (χ0) is 11.9. The highest BCUT2D eigenvalue weighted by atomic mass is 32.1. The number of nitrogens with zero attached hydrogens (tertiary/aromatic N) is 3. The average Bonchev–Trinajstić information content (AvgIpc) is 2.58. The van der Waals surface area contributed by atoms with Crippen molar-refractivity contribution in [1.82, 2.24) is 15.0 Å². The van der Waals surface area contributed by atoms with Crippen LogP contribution in [0.5, 0.6) is 0 Å². The molecule has 2 aromatic heterocycles. The van der Waals surface area contributed by atoms with Crippen LogP contribution in [-0.4, -0.2) is 15.0 Å². The fourth-order valence-electron chi connectivity index (χ4n) is 1.33. The van der Waals surface area contributed by atoms with Crippen LogP contribution in [0.2, 0.25) is 0 Å². The summed E-state index contributed by atoms with van der Waals surface area (Å²) < 4.78 is 0. The molecule has 0 amide bonds. The first-order chi connectivity index (χ1) is 7.38. The Kier molecular flexibility index (Phi) is 2.70. The number of aromatic nitrogens is 3. The van der Waals surface area contributed by atoms with Crippen LogP contribution in [0.15, 0.2) is 6.20 Å². The molecular weight excluding hydrogens is 218 g/mol. The first-order valence-corrected chi connectivity index (χ1v) is 6.33. The second-order valence-electron chi connectivity index (χ2n) is 5.35. The van der Waals surface area contributed by atoms with Gasteiger partial charge in [-0.3, -0.25) is 0 Å². The van der Waals surface area contributed by atoms with Crippen molar-refractivity contribution in [2.45, 2.75) is 46.0 Å². The van der Waals surface area contributed by atoms with Crippen LogP contribution in [0.25, 0.3) is 10.5 Å². The monoisotopic (exact) mass is 235 g/mol. The van der Waals surface area contributed by atoms with E-state index < -0.39 is 0 Å². The van der Waals surface area contributed by atoms with Crippen LogP contribution < -0.4 is 0 Å². The molecule has 2 aromatic rings. The summed E-state index contributed by atoms with van der Waals surface area (Å²) in [5, 5.41) is 1.10. The first-order valence-electron chi connectivity index (χ1n) is 5.52. The molecule has 4 heteroatoms. The van der Waals surface area contributed by atoms with E-state index >= 15 is 0 Å². The molecular formula is C12H17N3S. The lowest BCUT2D eigenvalue weighted by Crippen LogP contribution is -2.09. The molecule has 3 nitrogen and oxygen atoms in total. The Morgan fingerprint density at radius 3 is 2.44 bits per heavy atom. The van der Waals surface area contributed by atoms with E-state index in [1.807, 2.05) is 6.20 Å². The highest BCUT2D eigenvalue weighted by Gasteiger charge is 2.20. The number of fused-ring (bicyclic) bond motifs is 1. The molecule has 0 aliphatic carbocycles. The summed E-state index contributed by atoms with van der Waals surface area (Å²) in [4.78, 5) is 14.5. The van der Waals surface area contributed by atoms with Crippen molar-refractivity contribution in [2.24, 2.45) is 0 Å². The Labute approximate surface area is 100.0 Å². The molecule has 0 fully saturated rings. The number of hydrogen-bond donors (Lipinski definition) is 0. The Morgan fingerprint density at radius 1 is 1.19 bits per heavy atom. The van der Waals surface area contributed by atoms with Crippen LogP contribution in [0.3, 0.4) is 0 Å². The van der Waals surface area contributed by atoms with Gasteiger partial charge < -0.3 is 0 Å². The van der Waals surface area contributed by atoms with E-state index in [9.17, 15) is 0 Å². The van der Waals surface area contributed by atoms with Gasteiger partial charge in [0, 0.05) is 5.41 Å². The average molecular weight is 235 g/mol. The van der Waals surface area contributed by atoms with Crippen LogP contribution in [0.4, 0.5) is 0 Å². The van der Waals surface area contributed by atoms with Gasteiger partial charge in [-0.05, 0) is 5.92 Å². The fraction of sp³-hybridized carbons (Fsp3) is 0.583. The van der Waals surface area contributed by atoms with Crippen molar-refractivity contribution in [3.05, 3.63) is 16.9 Å². The third-order valence-electron chi connectivity index (χ3n) is 2.37. The molecule has 0 N–H and O–H groups in total. The Bertz CT molecular complexity index is 508. The Hall–Kier alpha value is -1.03. The normalized spacial score (nSPS) is 12.6. The quantitative estimate of drug-likeness (QED) is 0.759. The van der Waals surface area contributed by atoms with Crippen LogP contribution in [0.1, 0.15) is 51.2 Å². The van der Waals surface area contributed by atoms with Crippen molar-refractivity contribution in [2.75, 3.05) is 0 Å². The third kappa shape index (κ3) is 2.07. The lowest BCUT2D eigenvalue weighted by molar-refractivity contribution is 0.586. The third-order valence-corrected chi connectivity index (χ3v) is 3.74. The first kappa shape index (κ1) is 11.5. The fourth-order valence-corrected chi connectivity index (χ4v) is 2.30. The largest absolute Gasteiger partial charge is 0.237 e. The smallest absolute Gasteiger partial charge is 0.189 e. The minimum absolute atomic E-state index is 0.0744. The summed E-state index contributed by atoms with van der Waals surface area (Å²) in [6.07, 6.45) is 1.83. The van der Waals surface area contributed by atoms with Gasteiger partial charge in [-0.25, -0.2) is 15.0 Å². The van der Waals surface area contributed by atoms with Gasteiger partial charge in [0.25, 0.3) is 0 Å². The van der Waals surface area contributed by atoms with Gasteiger partial charge in [0.15, 0.2) is 10.5 Å². The van der Waals surface area contributed by atoms with E-state index in [1.165, 1.54) is 0 Å². The van der Waals surface area contributed by atoms with Crippen LogP contribution in [0, 0.1) is 0 Å². The van der Waals surface area contributed by atoms with E-state index in [-0.39, 0.29) is 5.41 Å². The molecule has 0 saturated carbocycles. The number of thiazole rings is 1. The lowest BCUT2D eigenvalue weighted by Gasteiger charge is -2.12. The van der Waals surface area contributed by atoms with E-state index in [0.717, 1.165) is 21.2 Å². The van der Waals surface area contributed by atoms with Gasteiger partial charge in [-0.15, -0.1) is 0 Å². The molecule has 0 atom stereocenters. The number of rotatable bonds is 1. The predicted molar refractivity (Wildman–Crippen MR) is 68.0 cm³/mol. The number of hydrogen-bond acceptors (Lipinski definition) is 4. The van der Waals surface area contributed by atoms with Crippen molar-refractivity contribution >= 4 is 21.8 Å². The van der Waals surface area contributed by atoms with Gasteiger partial charge in [-0.1, -0.05) is 46.0 Å². The summed E-state index contributed by atoms with van der Waals surface area (Å²) in [5.74, 6) is 0.414.